The molecule has 25 heavy (non-hydrogen) atoms. The zero-order valence-electron chi connectivity index (χ0n) is 14.2. The summed E-state index contributed by atoms with van der Waals surface area (Å²) in [6, 6.07) is 15.8. The van der Waals surface area contributed by atoms with Crippen molar-refractivity contribution in [3.63, 3.8) is 0 Å². The fourth-order valence-electron chi connectivity index (χ4n) is 4.57. The first-order chi connectivity index (χ1) is 12.0. The van der Waals surface area contributed by atoms with Gasteiger partial charge in [-0.15, -0.1) is 0 Å². The number of carboxylic acid groups (broad SMARTS) is 1. The van der Waals surface area contributed by atoms with Gasteiger partial charge in [0, 0.05) is 11.8 Å². The smallest absolute Gasteiger partial charge is 0.311 e. The van der Waals surface area contributed by atoms with E-state index in [1.165, 1.54) is 0 Å². The van der Waals surface area contributed by atoms with Crippen LogP contribution in [0.15, 0.2) is 48.5 Å². The van der Waals surface area contributed by atoms with Crippen molar-refractivity contribution >= 4 is 11.9 Å². The minimum atomic E-state index is -0.940. The molecule has 1 N–H and O–H groups in total. The average Bonchev–Trinajstić information content (AvgIpc) is 2.60. The number of fused-ring (bicyclic) bond motifs is 1. The minimum absolute atomic E-state index is 0.270. The Hall–Kier alpha value is -2.62. The van der Waals surface area contributed by atoms with Gasteiger partial charge >= 0.3 is 11.9 Å². The number of rotatable bonds is 3. The summed E-state index contributed by atoms with van der Waals surface area (Å²) in [5.41, 5.74) is 4.14. The van der Waals surface area contributed by atoms with Crippen LogP contribution >= 0.6 is 0 Å². The zero-order chi connectivity index (χ0) is 17.7. The lowest BCUT2D eigenvalue weighted by Crippen LogP contribution is -2.47. The summed E-state index contributed by atoms with van der Waals surface area (Å²) in [7, 11) is 0. The molecule has 0 radical (unpaired) electrons. The summed E-state index contributed by atoms with van der Waals surface area (Å²) in [5.74, 6) is -3.45. The highest BCUT2D eigenvalue weighted by Crippen LogP contribution is 2.58. The number of benzene rings is 2. The Balaban J connectivity index is 1.95. The largest absolute Gasteiger partial charge is 0.481 e. The van der Waals surface area contributed by atoms with E-state index in [0.717, 1.165) is 22.3 Å². The molecule has 4 heteroatoms. The molecule has 0 unspecified atom stereocenters. The molecule has 0 fully saturated rings. The van der Waals surface area contributed by atoms with Crippen LogP contribution in [0.5, 0.6) is 0 Å². The maximum atomic E-state index is 12.8. The Morgan fingerprint density at radius 1 is 0.840 bits per heavy atom. The van der Waals surface area contributed by atoms with Crippen molar-refractivity contribution in [3.8, 4) is 0 Å². The number of carboxylic acids is 1. The molecule has 3 aliphatic rings. The third-order valence-electron chi connectivity index (χ3n) is 5.35. The van der Waals surface area contributed by atoms with E-state index in [0.29, 0.717) is 0 Å². The van der Waals surface area contributed by atoms with Crippen LogP contribution in [-0.2, 0) is 14.3 Å². The van der Waals surface area contributed by atoms with Gasteiger partial charge in [0.15, 0.2) is 0 Å². The summed E-state index contributed by atoms with van der Waals surface area (Å²) < 4.78 is 5.45. The van der Waals surface area contributed by atoms with E-state index in [1.807, 2.05) is 48.5 Å². The molecular weight excluding hydrogens is 316 g/mol. The average molecular weight is 336 g/mol. The van der Waals surface area contributed by atoms with E-state index in [9.17, 15) is 14.7 Å². The zero-order valence-corrected chi connectivity index (χ0v) is 14.2. The van der Waals surface area contributed by atoms with Gasteiger partial charge in [-0.05, 0) is 36.1 Å². The minimum Gasteiger partial charge on any atom is -0.481 e. The van der Waals surface area contributed by atoms with Crippen LogP contribution in [0.3, 0.4) is 0 Å². The van der Waals surface area contributed by atoms with E-state index in [-0.39, 0.29) is 17.9 Å². The monoisotopic (exact) mass is 336 g/mol. The van der Waals surface area contributed by atoms with Crippen molar-refractivity contribution in [1.29, 1.82) is 0 Å². The highest BCUT2D eigenvalue weighted by molar-refractivity contribution is 5.87. The van der Waals surface area contributed by atoms with Crippen molar-refractivity contribution in [2.75, 3.05) is 0 Å². The third kappa shape index (κ3) is 2.28. The quantitative estimate of drug-likeness (QED) is 0.871. The molecule has 128 valence electrons. The van der Waals surface area contributed by atoms with Gasteiger partial charge in [0.2, 0.25) is 0 Å². The fraction of sp³-hybridized carbons (Fsp3) is 0.333. The van der Waals surface area contributed by atoms with Crippen LogP contribution in [0, 0.1) is 11.8 Å². The molecule has 0 heterocycles. The van der Waals surface area contributed by atoms with E-state index in [4.69, 9.17) is 4.74 Å². The van der Waals surface area contributed by atoms with Crippen molar-refractivity contribution in [1.82, 2.24) is 0 Å². The van der Waals surface area contributed by atoms with Crippen LogP contribution in [0.1, 0.15) is 47.9 Å². The van der Waals surface area contributed by atoms with E-state index < -0.39 is 23.8 Å². The van der Waals surface area contributed by atoms with Crippen LogP contribution in [0.25, 0.3) is 0 Å². The van der Waals surface area contributed by atoms with Gasteiger partial charge in [0.1, 0.15) is 0 Å². The maximum Gasteiger partial charge on any atom is 0.311 e. The highest BCUT2D eigenvalue weighted by atomic mass is 16.5. The molecule has 0 spiro atoms. The van der Waals surface area contributed by atoms with Gasteiger partial charge in [-0.2, -0.15) is 0 Å². The number of hydrogen-bond donors (Lipinski definition) is 1. The molecule has 3 aliphatic carbocycles. The molecule has 2 atom stereocenters. The molecule has 4 nitrogen and oxygen atoms in total. The van der Waals surface area contributed by atoms with Crippen molar-refractivity contribution < 1.29 is 19.4 Å². The van der Waals surface area contributed by atoms with E-state index in [2.05, 4.69) is 0 Å². The van der Waals surface area contributed by atoms with Crippen molar-refractivity contribution in [3.05, 3.63) is 70.8 Å². The SMILES string of the molecule is CC(C)OC(=O)[C@@H]1C2c3ccccc3C(c3ccccc32)[C@@H]1C(=O)O. The number of carbonyl (C=O) groups excluding carboxylic acids is 1. The Bertz CT molecular complexity index is 807. The Kier molecular flexibility index (Phi) is 3.64. The molecular formula is C21H20O4. The number of ether oxygens (including phenoxy) is 1. The lowest BCUT2D eigenvalue weighted by atomic mass is 9.54. The number of hydrogen-bond acceptors (Lipinski definition) is 3. The van der Waals surface area contributed by atoms with Gasteiger partial charge in [-0.25, -0.2) is 0 Å². The first-order valence-corrected chi connectivity index (χ1v) is 8.61. The number of esters is 1. The Morgan fingerprint density at radius 3 is 1.60 bits per heavy atom. The number of aliphatic carboxylic acids is 1. The van der Waals surface area contributed by atoms with Crippen LogP contribution in [-0.4, -0.2) is 23.1 Å². The van der Waals surface area contributed by atoms with Gasteiger partial charge in [0.25, 0.3) is 0 Å². The lowest BCUT2D eigenvalue weighted by molar-refractivity contribution is -0.163. The second-order valence-electron chi connectivity index (χ2n) is 7.09. The van der Waals surface area contributed by atoms with Gasteiger partial charge in [0.05, 0.1) is 17.9 Å². The predicted octanol–water partition coefficient (Wildman–Crippen LogP) is 3.55. The van der Waals surface area contributed by atoms with Gasteiger partial charge < -0.3 is 9.84 Å². The predicted molar refractivity (Wildman–Crippen MR) is 92.4 cm³/mol. The number of carbonyl (C=O) groups is 2. The first kappa shape index (κ1) is 15.9. The molecule has 0 aliphatic heterocycles. The molecule has 0 aromatic heterocycles. The van der Waals surface area contributed by atoms with Gasteiger partial charge in [-0.1, -0.05) is 48.5 Å². The lowest BCUT2D eigenvalue weighted by Gasteiger charge is -2.48. The standard InChI is InChI=1S/C21H20O4/c1-11(2)25-21(24)19-17-14-9-5-3-7-12(14)16(18(19)20(22)23)13-8-4-6-10-15(13)17/h3-11,16-19H,1-2H3,(H,22,23)/t16?,17?,18-,19+/m0/s1. The molecule has 0 saturated carbocycles. The summed E-state index contributed by atoms with van der Waals surface area (Å²) in [5, 5.41) is 9.96. The second kappa shape index (κ2) is 5.73. The highest BCUT2D eigenvalue weighted by Gasteiger charge is 2.56. The fourth-order valence-corrected chi connectivity index (χ4v) is 4.57. The van der Waals surface area contributed by atoms with Crippen LogP contribution < -0.4 is 0 Å². The van der Waals surface area contributed by atoms with Gasteiger partial charge in [-0.3, -0.25) is 9.59 Å². The third-order valence-corrected chi connectivity index (χ3v) is 5.35. The Labute approximate surface area is 146 Å². The Morgan fingerprint density at radius 2 is 1.24 bits per heavy atom. The summed E-state index contributed by atoms with van der Waals surface area (Å²) >= 11 is 0. The van der Waals surface area contributed by atoms with Crippen LogP contribution in [0.4, 0.5) is 0 Å². The van der Waals surface area contributed by atoms with Crippen molar-refractivity contribution in [2.24, 2.45) is 11.8 Å². The molecule has 2 bridgehead atoms. The maximum absolute atomic E-state index is 12.8. The summed E-state index contributed by atoms with van der Waals surface area (Å²) in [6.45, 7) is 3.58. The normalized spacial score (nSPS) is 26.0. The van der Waals surface area contributed by atoms with E-state index in [1.54, 1.807) is 13.8 Å². The van der Waals surface area contributed by atoms with Crippen LogP contribution in [0.2, 0.25) is 0 Å². The summed E-state index contributed by atoms with van der Waals surface area (Å²) in [4.78, 5) is 25.0. The molecule has 5 rings (SSSR count). The summed E-state index contributed by atoms with van der Waals surface area (Å²) in [6.07, 6.45) is -0.270. The molecule has 0 amide bonds. The molecule has 2 aromatic carbocycles. The topological polar surface area (TPSA) is 63.6 Å². The van der Waals surface area contributed by atoms with Crippen molar-refractivity contribution in [2.45, 2.75) is 31.8 Å². The first-order valence-electron chi connectivity index (χ1n) is 8.61. The second-order valence-corrected chi connectivity index (χ2v) is 7.09. The molecule has 0 saturated heterocycles. The molecule has 2 aromatic rings. The van der Waals surface area contributed by atoms with E-state index >= 15 is 0 Å².